The van der Waals surface area contributed by atoms with Crippen molar-refractivity contribution < 1.29 is 13.2 Å². The maximum absolute atomic E-state index is 12.6. The molecule has 6 nitrogen and oxygen atoms in total. The van der Waals surface area contributed by atoms with E-state index in [2.05, 4.69) is 10.2 Å². The Hall–Kier alpha value is -1.15. The summed E-state index contributed by atoms with van der Waals surface area (Å²) in [6, 6.07) is 6.17. The maximum Gasteiger partial charge on any atom is 0.243 e. The van der Waals surface area contributed by atoms with Crippen molar-refractivity contribution in [2.75, 3.05) is 40.3 Å². The van der Waals surface area contributed by atoms with Gasteiger partial charge < -0.3 is 10.2 Å². The Morgan fingerprint density at radius 3 is 2.40 bits per heavy atom. The summed E-state index contributed by atoms with van der Waals surface area (Å²) in [5.74, 6) is -0.0849. The van der Waals surface area contributed by atoms with E-state index in [0.717, 1.165) is 13.0 Å². The highest BCUT2D eigenvalue weighted by molar-refractivity contribution is 7.89. The van der Waals surface area contributed by atoms with Gasteiger partial charge in [-0.05, 0) is 64.2 Å². The van der Waals surface area contributed by atoms with E-state index >= 15 is 0 Å². The first-order valence-corrected chi connectivity index (χ1v) is 10.3. The lowest BCUT2D eigenvalue weighted by Gasteiger charge is -2.30. The van der Waals surface area contributed by atoms with Crippen LogP contribution in [0, 0.1) is 5.92 Å². The summed E-state index contributed by atoms with van der Waals surface area (Å²) in [7, 11) is 0.476. The molecule has 1 heterocycles. The molecular weight excluding hydrogens is 362 g/mol. The topological polar surface area (TPSA) is 69.7 Å². The number of halogens is 1. The Labute approximate surface area is 155 Å². The van der Waals surface area contributed by atoms with Crippen LogP contribution in [0.5, 0.6) is 0 Å². The average Bonchev–Trinajstić information content (AvgIpc) is 2.59. The van der Waals surface area contributed by atoms with E-state index < -0.39 is 10.0 Å². The number of carbonyl (C=O) groups excluding carboxylic acids is 1. The first kappa shape index (κ1) is 20.2. The number of carbonyl (C=O) groups is 1. The maximum atomic E-state index is 12.6. The smallest absolute Gasteiger partial charge is 0.243 e. The molecule has 25 heavy (non-hydrogen) atoms. The molecule has 0 saturated carbocycles. The molecule has 140 valence electrons. The molecule has 1 N–H and O–H groups in total. The minimum atomic E-state index is -3.52. The standard InChI is InChI=1S/C17H26ClN3O3S/c1-20(2)11-3-10-19-17(22)14-8-12-21(13-9-14)25(23,24)16-6-4-15(18)5-7-16/h4-7,14H,3,8-13H2,1-2H3,(H,19,22). The van der Waals surface area contributed by atoms with Crippen molar-refractivity contribution in [3.8, 4) is 0 Å². The van der Waals surface area contributed by atoms with Gasteiger partial charge >= 0.3 is 0 Å². The van der Waals surface area contributed by atoms with Crippen molar-refractivity contribution in [3.05, 3.63) is 29.3 Å². The SMILES string of the molecule is CN(C)CCCNC(=O)C1CCN(S(=O)(=O)c2ccc(Cl)cc2)CC1. The molecule has 0 atom stereocenters. The van der Waals surface area contributed by atoms with E-state index in [-0.39, 0.29) is 16.7 Å². The van der Waals surface area contributed by atoms with Gasteiger partial charge in [0, 0.05) is 30.6 Å². The first-order valence-electron chi connectivity index (χ1n) is 8.49. The van der Waals surface area contributed by atoms with Crippen molar-refractivity contribution >= 4 is 27.5 Å². The quantitative estimate of drug-likeness (QED) is 0.724. The average molecular weight is 388 g/mol. The number of benzene rings is 1. The van der Waals surface area contributed by atoms with Crippen molar-refractivity contribution in [2.24, 2.45) is 5.92 Å². The van der Waals surface area contributed by atoms with Crippen LogP contribution < -0.4 is 5.32 Å². The summed E-state index contributed by atoms with van der Waals surface area (Å²) >= 11 is 5.82. The number of nitrogens with one attached hydrogen (secondary N) is 1. The monoisotopic (exact) mass is 387 g/mol. The van der Waals surface area contributed by atoms with Crippen LogP contribution in [-0.4, -0.2) is 63.8 Å². The molecule has 1 saturated heterocycles. The zero-order chi connectivity index (χ0) is 18.4. The second-order valence-corrected chi connectivity index (χ2v) is 8.95. The van der Waals surface area contributed by atoms with Crippen molar-refractivity contribution in [3.63, 3.8) is 0 Å². The van der Waals surface area contributed by atoms with Gasteiger partial charge in [0.15, 0.2) is 0 Å². The van der Waals surface area contributed by atoms with Gasteiger partial charge in [-0.1, -0.05) is 11.6 Å². The van der Waals surface area contributed by atoms with Gasteiger partial charge in [0.1, 0.15) is 0 Å². The van der Waals surface area contributed by atoms with Gasteiger partial charge in [0.2, 0.25) is 15.9 Å². The third-order valence-corrected chi connectivity index (χ3v) is 6.52. The molecule has 1 aromatic carbocycles. The van der Waals surface area contributed by atoms with Crippen molar-refractivity contribution in [1.82, 2.24) is 14.5 Å². The van der Waals surface area contributed by atoms with E-state index in [0.29, 0.717) is 37.5 Å². The summed E-state index contributed by atoms with van der Waals surface area (Å²) in [5, 5.41) is 3.45. The Morgan fingerprint density at radius 2 is 1.84 bits per heavy atom. The lowest BCUT2D eigenvalue weighted by Crippen LogP contribution is -2.43. The van der Waals surface area contributed by atoms with Crippen LogP contribution in [0.15, 0.2) is 29.2 Å². The predicted octanol–water partition coefficient (Wildman–Crippen LogP) is 1.81. The number of piperidine rings is 1. The van der Waals surface area contributed by atoms with E-state index in [1.165, 1.54) is 16.4 Å². The van der Waals surface area contributed by atoms with Gasteiger partial charge in [-0.2, -0.15) is 4.31 Å². The van der Waals surface area contributed by atoms with E-state index in [9.17, 15) is 13.2 Å². The molecule has 0 bridgehead atoms. The fraction of sp³-hybridized carbons (Fsp3) is 0.588. The van der Waals surface area contributed by atoms with E-state index in [1.54, 1.807) is 12.1 Å². The number of rotatable bonds is 7. The van der Waals surface area contributed by atoms with Gasteiger partial charge in [-0.3, -0.25) is 4.79 Å². The third kappa shape index (κ3) is 5.67. The highest BCUT2D eigenvalue weighted by Gasteiger charge is 2.31. The highest BCUT2D eigenvalue weighted by Crippen LogP contribution is 2.24. The number of nitrogens with zero attached hydrogens (tertiary/aromatic N) is 2. The van der Waals surface area contributed by atoms with E-state index in [1.807, 2.05) is 14.1 Å². The van der Waals surface area contributed by atoms with Gasteiger partial charge in [0.25, 0.3) is 0 Å². The van der Waals surface area contributed by atoms with Gasteiger partial charge in [-0.15, -0.1) is 0 Å². The van der Waals surface area contributed by atoms with Crippen LogP contribution in [0.25, 0.3) is 0 Å². The molecule has 1 aromatic rings. The van der Waals surface area contributed by atoms with Crippen LogP contribution in [-0.2, 0) is 14.8 Å². The Balaban J connectivity index is 1.84. The van der Waals surface area contributed by atoms with Crippen LogP contribution in [0.1, 0.15) is 19.3 Å². The van der Waals surface area contributed by atoms with E-state index in [4.69, 9.17) is 11.6 Å². The molecule has 1 amide bonds. The molecule has 0 radical (unpaired) electrons. The Morgan fingerprint density at radius 1 is 1.24 bits per heavy atom. The lowest BCUT2D eigenvalue weighted by molar-refractivity contribution is -0.126. The third-order valence-electron chi connectivity index (χ3n) is 4.36. The number of hydrogen-bond donors (Lipinski definition) is 1. The molecule has 1 aliphatic rings. The zero-order valence-corrected chi connectivity index (χ0v) is 16.3. The van der Waals surface area contributed by atoms with Crippen LogP contribution in [0.4, 0.5) is 0 Å². The molecule has 0 aromatic heterocycles. The molecule has 0 spiro atoms. The molecule has 0 unspecified atom stereocenters. The number of amides is 1. The Kier molecular flexibility index (Phi) is 7.25. The van der Waals surface area contributed by atoms with Crippen LogP contribution >= 0.6 is 11.6 Å². The van der Waals surface area contributed by atoms with Gasteiger partial charge in [0.05, 0.1) is 4.90 Å². The van der Waals surface area contributed by atoms with Crippen LogP contribution in [0.2, 0.25) is 5.02 Å². The summed E-state index contributed by atoms with van der Waals surface area (Å²) in [6.45, 7) is 2.31. The minimum Gasteiger partial charge on any atom is -0.356 e. The molecule has 1 fully saturated rings. The normalized spacial score (nSPS) is 17.0. The molecule has 2 rings (SSSR count). The second kappa shape index (κ2) is 8.98. The summed E-state index contributed by atoms with van der Waals surface area (Å²) in [4.78, 5) is 14.5. The summed E-state index contributed by atoms with van der Waals surface area (Å²) < 4.78 is 26.7. The fourth-order valence-electron chi connectivity index (χ4n) is 2.87. The van der Waals surface area contributed by atoms with Crippen LogP contribution in [0.3, 0.4) is 0 Å². The largest absolute Gasteiger partial charge is 0.356 e. The summed E-state index contributed by atoms with van der Waals surface area (Å²) in [5.41, 5.74) is 0. The molecule has 8 heteroatoms. The van der Waals surface area contributed by atoms with Crippen molar-refractivity contribution in [2.45, 2.75) is 24.2 Å². The molecular formula is C17H26ClN3O3S. The number of hydrogen-bond acceptors (Lipinski definition) is 4. The fourth-order valence-corrected chi connectivity index (χ4v) is 4.46. The van der Waals surface area contributed by atoms with Crippen molar-refractivity contribution in [1.29, 1.82) is 0 Å². The first-order chi connectivity index (χ1) is 11.8. The number of sulfonamides is 1. The lowest BCUT2D eigenvalue weighted by atomic mass is 9.97. The zero-order valence-electron chi connectivity index (χ0n) is 14.7. The Bertz CT molecular complexity index is 669. The summed E-state index contributed by atoms with van der Waals surface area (Å²) in [6.07, 6.45) is 2.00. The molecule has 0 aliphatic carbocycles. The minimum absolute atomic E-state index is 0.0299. The highest BCUT2D eigenvalue weighted by atomic mass is 35.5. The predicted molar refractivity (Wildman–Crippen MR) is 99.1 cm³/mol. The van der Waals surface area contributed by atoms with Gasteiger partial charge in [-0.25, -0.2) is 8.42 Å². The molecule has 1 aliphatic heterocycles. The second-order valence-electron chi connectivity index (χ2n) is 6.58.